The van der Waals surface area contributed by atoms with Crippen molar-refractivity contribution in [2.45, 2.75) is 27.3 Å². The summed E-state index contributed by atoms with van der Waals surface area (Å²) < 4.78 is 12.2. The second-order valence-corrected chi connectivity index (χ2v) is 7.45. The number of nitrogens with zero attached hydrogens (tertiary/aromatic N) is 2. The van der Waals surface area contributed by atoms with Crippen molar-refractivity contribution in [1.82, 2.24) is 9.88 Å². The average Bonchev–Trinajstić information content (AvgIpc) is 3.09. The fraction of sp³-hybridized carbons (Fsp3) is 0.192. The third-order valence-electron chi connectivity index (χ3n) is 5.10. The van der Waals surface area contributed by atoms with Gasteiger partial charge >= 0.3 is 5.97 Å². The standard InChI is InChI=1S/C26H25N3O4/c1-17-13-21(18(2)29(17)23-7-11-25(12-8-23)33-19(3)30)14-22(15-27)26(31)28-16-20-5-9-24(32-4)10-6-20/h5-14H,16H2,1-4H3,(H,28,31)/b22-14-. The van der Waals surface area contributed by atoms with Crippen LogP contribution in [0.3, 0.4) is 0 Å². The molecule has 0 radical (unpaired) electrons. The molecular weight excluding hydrogens is 418 g/mol. The fourth-order valence-corrected chi connectivity index (χ4v) is 3.49. The minimum atomic E-state index is -0.441. The second kappa shape index (κ2) is 10.3. The van der Waals surface area contributed by atoms with Crippen LogP contribution in [0.5, 0.6) is 11.5 Å². The molecule has 0 fully saturated rings. The van der Waals surface area contributed by atoms with Crippen LogP contribution in [0.1, 0.15) is 29.4 Å². The van der Waals surface area contributed by atoms with Crippen molar-refractivity contribution in [3.63, 3.8) is 0 Å². The summed E-state index contributed by atoms with van der Waals surface area (Å²) in [6.45, 7) is 5.52. The number of aryl methyl sites for hydroxylation is 1. The van der Waals surface area contributed by atoms with Crippen LogP contribution >= 0.6 is 0 Å². The van der Waals surface area contributed by atoms with Gasteiger partial charge < -0.3 is 19.4 Å². The van der Waals surface area contributed by atoms with Gasteiger partial charge in [0.2, 0.25) is 0 Å². The number of benzene rings is 2. The molecule has 1 amide bonds. The summed E-state index contributed by atoms with van der Waals surface area (Å²) in [6.07, 6.45) is 1.59. The Morgan fingerprint density at radius 2 is 1.70 bits per heavy atom. The molecule has 0 bridgehead atoms. The van der Waals surface area contributed by atoms with Crippen LogP contribution in [0.15, 0.2) is 60.2 Å². The van der Waals surface area contributed by atoms with Gasteiger partial charge in [-0.25, -0.2) is 0 Å². The first-order chi connectivity index (χ1) is 15.8. The minimum Gasteiger partial charge on any atom is -0.497 e. The highest BCUT2D eigenvalue weighted by Gasteiger charge is 2.14. The van der Waals surface area contributed by atoms with E-state index in [1.165, 1.54) is 6.92 Å². The van der Waals surface area contributed by atoms with E-state index in [9.17, 15) is 14.9 Å². The van der Waals surface area contributed by atoms with Crippen molar-refractivity contribution in [3.8, 4) is 23.3 Å². The molecule has 0 aliphatic heterocycles. The number of carbonyl (C=O) groups is 2. The summed E-state index contributed by atoms with van der Waals surface area (Å²) in [5.74, 6) is 0.384. The molecule has 0 saturated heterocycles. The Labute approximate surface area is 192 Å². The zero-order chi connectivity index (χ0) is 24.0. The van der Waals surface area contributed by atoms with E-state index in [1.807, 2.05) is 66.9 Å². The number of hydrogen-bond acceptors (Lipinski definition) is 5. The van der Waals surface area contributed by atoms with Gasteiger partial charge in [-0.1, -0.05) is 12.1 Å². The SMILES string of the molecule is COc1ccc(CNC(=O)/C(C#N)=C\c2cc(C)n(-c3ccc(OC(C)=O)cc3)c2C)cc1. The molecule has 33 heavy (non-hydrogen) atoms. The van der Waals surface area contributed by atoms with Gasteiger partial charge in [0.15, 0.2) is 0 Å². The lowest BCUT2D eigenvalue weighted by molar-refractivity contribution is -0.131. The fourth-order valence-electron chi connectivity index (χ4n) is 3.49. The summed E-state index contributed by atoms with van der Waals surface area (Å²) >= 11 is 0. The molecule has 1 aromatic heterocycles. The van der Waals surface area contributed by atoms with E-state index in [-0.39, 0.29) is 11.5 Å². The first-order valence-corrected chi connectivity index (χ1v) is 10.3. The first-order valence-electron chi connectivity index (χ1n) is 10.3. The van der Waals surface area contributed by atoms with E-state index in [2.05, 4.69) is 5.32 Å². The van der Waals surface area contributed by atoms with Crippen molar-refractivity contribution >= 4 is 18.0 Å². The molecule has 7 heteroatoms. The Morgan fingerprint density at radius 3 is 2.27 bits per heavy atom. The van der Waals surface area contributed by atoms with Crippen LogP contribution in [-0.2, 0) is 16.1 Å². The molecule has 2 aromatic carbocycles. The van der Waals surface area contributed by atoms with Gasteiger partial charge in [-0.2, -0.15) is 5.26 Å². The maximum Gasteiger partial charge on any atom is 0.308 e. The van der Waals surface area contributed by atoms with E-state index in [4.69, 9.17) is 9.47 Å². The summed E-state index contributed by atoms with van der Waals surface area (Å²) in [7, 11) is 1.59. The van der Waals surface area contributed by atoms with Gasteiger partial charge in [0.05, 0.1) is 7.11 Å². The van der Waals surface area contributed by atoms with Crippen molar-refractivity contribution in [2.24, 2.45) is 0 Å². The highest BCUT2D eigenvalue weighted by Crippen LogP contribution is 2.24. The van der Waals surface area contributed by atoms with Crippen molar-refractivity contribution < 1.29 is 19.1 Å². The van der Waals surface area contributed by atoms with E-state index < -0.39 is 5.91 Å². The smallest absolute Gasteiger partial charge is 0.308 e. The lowest BCUT2D eigenvalue weighted by Crippen LogP contribution is -2.23. The van der Waals surface area contributed by atoms with Gasteiger partial charge in [-0.15, -0.1) is 0 Å². The predicted octanol–water partition coefficient (Wildman–Crippen LogP) is 4.25. The normalized spacial score (nSPS) is 10.9. The number of esters is 1. The summed E-state index contributed by atoms with van der Waals surface area (Å²) in [4.78, 5) is 23.7. The Kier molecular flexibility index (Phi) is 7.31. The Morgan fingerprint density at radius 1 is 1.06 bits per heavy atom. The Bertz CT molecular complexity index is 1230. The lowest BCUT2D eigenvalue weighted by Gasteiger charge is -2.10. The van der Waals surface area contributed by atoms with Crippen LogP contribution in [-0.4, -0.2) is 23.6 Å². The molecule has 7 nitrogen and oxygen atoms in total. The number of amides is 1. The van der Waals surface area contributed by atoms with Gasteiger partial charge in [-0.3, -0.25) is 9.59 Å². The zero-order valence-electron chi connectivity index (χ0n) is 19.0. The summed E-state index contributed by atoms with van der Waals surface area (Å²) in [5, 5.41) is 12.3. The summed E-state index contributed by atoms with van der Waals surface area (Å²) in [5.41, 5.74) is 4.39. The van der Waals surface area contributed by atoms with Gasteiger partial charge in [0, 0.05) is 30.5 Å². The largest absolute Gasteiger partial charge is 0.497 e. The lowest BCUT2D eigenvalue weighted by atomic mass is 10.1. The zero-order valence-corrected chi connectivity index (χ0v) is 19.0. The molecular formula is C26H25N3O4. The quantitative estimate of drug-likeness (QED) is 0.255. The van der Waals surface area contributed by atoms with E-state index in [0.717, 1.165) is 34.0 Å². The molecule has 0 saturated carbocycles. The van der Waals surface area contributed by atoms with Crippen LogP contribution < -0.4 is 14.8 Å². The molecule has 0 atom stereocenters. The van der Waals surface area contributed by atoms with Crippen LogP contribution in [0.2, 0.25) is 0 Å². The maximum absolute atomic E-state index is 12.6. The monoisotopic (exact) mass is 443 g/mol. The van der Waals surface area contributed by atoms with Gasteiger partial charge in [0.1, 0.15) is 23.1 Å². The van der Waals surface area contributed by atoms with Crippen LogP contribution in [0.25, 0.3) is 11.8 Å². The number of hydrogen-bond donors (Lipinski definition) is 1. The molecule has 1 N–H and O–H groups in total. The molecule has 3 rings (SSSR count). The highest BCUT2D eigenvalue weighted by molar-refractivity contribution is 6.01. The molecule has 1 heterocycles. The van der Waals surface area contributed by atoms with E-state index in [0.29, 0.717) is 12.3 Å². The van der Waals surface area contributed by atoms with Crippen molar-refractivity contribution in [2.75, 3.05) is 7.11 Å². The second-order valence-electron chi connectivity index (χ2n) is 7.45. The first kappa shape index (κ1) is 23.4. The van der Waals surface area contributed by atoms with Gasteiger partial charge in [-0.05, 0) is 73.5 Å². The van der Waals surface area contributed by atoms with Crippen molar-refractivity contribution in [1.29, 1.82) is 5.26 Å². The van der Waals surface area contributed by atoms with E-state index in [1.54, 1.807) is 25.3 Å². The molecule has 0 spiro atoms. The maximum atomic E-state index is 12.6. The number of rotatable bonds is 7. The Hall–Kier alpha value is -4.31. The predicted molar refractivity (Wildman–Crippen MR) is 125 cm³/mol. The molecule has 3 aromatic rings. The molecule has 0 unspecified atom stereocenters. The topological polar surface area (TPSA) is 93.3 Å². The van der Waals surface area contributed by atoms with E-state index >= 15 is 0 Å². The number of ether oxygens (including phenoxy) is 2. The third-order valence-corrected chi connectivity index (χ3v) is 5.10. The minimum absolute atomic E-state index is 0.0222. The Balaban J connectivity index is 1.78. The number of carbonyl (C=O) groups excluding carboxylic acids is 2. The average molecular weight is 444 g/mol. The third kappa shape index (κ3) is 5.69. The van der Waals surface area contributed by atoms with Crippen LogP contribution in [0, 0.1) is 25.2 Å². The molecule has 168 valence electrons. The van der Waals surface area contributed by atoms with Crippen LogP contribution in [0.4, 0.5) is 0 Å². The number of methoxy groups -OCH3 is 1. The number of nitriles is 1. The van der Waals surface area contributed by atoms with Gasteiger partial charge in [0.25, 0.3) is 5.91 Å². The molecule has 0 aliphatic carbocycles. The molecule has 0 aliphatic rings. The highest BCUT2D eigenvalue weighted by atomic mass is 16.5. The van der Waals surface area contributed by atoms with Crippen molar-refractivity contribution in [3.05, 3.63) is 82.7 Å². The summed E-state index contributed by atoms with van der Waals surface area (Å²) in [6, 6.07) is 18.4. The number of aromatic nitrogens is 1. The number of nitrogens with one attached hydrogen (secondary N) is 1.